The molecular weight excluding hydrogens is 339 g/mol. The van der Waals surface area contributed by atoms with Crippen molar-refractivity contribution in [1.82, 2.24) is 0 Å². The first-order chi connectivity index (χ1) is 6.79. The van der Waals surface area contributed by atoms with Crippen molar-refractivity contribution < 1.29 is 13.2 Å². The third kappa shape index (κ3) is 2.73. The fraction of sp³-hybridized carbons (Fsp3) is 0.250. The van der Waals surface area contributed by atoms with Crippen LogP contribution in [-0.4, -0.2) is 0 Å². The number of hydrogen-bond acceptors (Lipinski definition) is 0. The summed E-state index contributed by atoms with van der Waals surface area (Å²) in [5, 5.41) is -0.495. The van der Waals surface area contributed by atoms with Crippen LogP contribution in [0.1, 0.15) is 11.1 Å². The number of alkyl halides is 4. The second kappa shape index (κ2) is 4.70. The van der Waals surface area contributed by atoms with Crippen LogP contribution in [0.4, 0.5) is 13.2 Å². The molecule has 0 radical (unpaired) electrons. The monoisotopic (exact) mass is 340 g/mol. The molecule has 0 N–H and O–H groups in total. The number of benzene rings is 1. The number of hydrogen-bond donors (Lipinski definition) is 0. The molecule has 0 fully saturated rings. The number of halogens is 7. The highest BCUT2D eigenvalue weighted by molar-refractivity contribution is 9.08. The summed E-state index contributed by atoms with van der Waals surface area (Å²) in [5.41, 5.74) is -0.989. The maximum Gasteiger partial charge on any atom is 0.416 e. The van der Waals surface area contributed by atoms with Crippen molar-refractivity contribution in [2.24, 2.45) is 0 Å². The third-order valence-electron chi connectivity index (χ3n) is 1.70. The van der Waals surface area contributed by atoms with Gasteiger partial charge in [-0.05, 0) is 11.6 Å². The van der Waals surface area contributed by atoms with Gasteiger partial charge in [0.1, 0.15) is 0 Å². The summed E-state index contributed by atoms with van der Waals surface area (Å²) in [7, 11) is 0. The maximum absolute atomic E-state index is 12.5. The fourth-order valence-electron chi connectivity index (χ4n) is 1.02. The van der Waals surface area contributed by atoms with Gasteiger partial charge < -0.3 is 0 Å². The minimum absolute atomic E-state index is 0.0441. The molecule has 0 bridgehead atoms. The van der Waals surface area contributed by atoms with E-state index in [1.807, 2.05) is 0 Å². The molecule has 1 aromatic carbocycles. The average Bonchev–Trinajstić information content (AvgIpc) is 2.12. The van der Waals surface area contributed by atoms with Crippen LogP contribution < -0.4 is 0 Å². The Balaban J connectivity index is 3.53. The van der Waals surface area contributed by atoms with Gasteiger partial charge in [-0.3, -0.25) is 0 Å². The van der Waals surface area contributed by atoms with Crippen LogP contribution in [0.5, 0.6) is 0 Å². The third-order valence-corrected chi connectivity index (χ3v) is 3.56. The van der Waals surface area contributed by atoms with E-state index >= 15 is 0 Å². The summed E-state index contributed by atoms with van der Waals surface area (Å²) in [6.07, 6.45) is -4.50. The van der Waals surface area contributed by atoms with E-state index in [1.165, 1.54) is 0 Å². The van der Waals surface area contributed by atoms with Crippen LogP contribution in [0.15, 0.2) is 6.07 Å². The Morgan fingerprint density at radius 2 is 1.67 bits per heavy atom. The molecule has 0 amide bonds. The maximum atomic E-state index is 12.5. The molecular formula is C8H3BrCl3F3. The zero-order valence-corrected chi connectivity index (χ0v) is 10.8. The van der Waals surface area contributed by atoms with Gasteiger partial charge in [0.05, 0.1) is 20.6 Å². The van der Waals surface area contributed by atoms with Crippen molar-refractivity contribution in [3.05, 3.63) is 32.3 Å². The molecule has 0 nitrogen and oxygen atoms in total. The highest BCUT2D eigenvalue weighted by Gasteiger charge is 2.35. The van der Waals surface area contributed by atoms with E-state index in [1.54, 1.807) is 0 Å². The zero-order valence-electron chi connectivity index (χ0n) is 6.93. The van der Waals surface area contributed by atoms with E-state index < -0.39 is 11.7 Å². The van der Waals surface area contributed by atoms with Crippen molar-refractivity contribution in [3.63, 3.8) is 0 Å². The van der Waals surface area contributed by atoms with E-state index in [9.17, 15) is 13.2 Å². The Morgan fingerprint density at radius 3 is 2.07 bits per heavy atom. The molecule has 0 aromatic heterocycles. The van der Waals surface area contributed by atoms with Crippen LogP contribution in [0.2, 0.25) is 15.1 Å². The van der Waals surface area contributed by atoms with Crippen molar-refractivity contribution in [2.75, 3.05) is 0 Å². The Bertz CT molecular complexity index is 390. The lowest BCUT2D eigenvalue weighted by atomic mass is 10.1. The van der Waals surface area contributed by atoms with Gasteiger partial charge in [-0.1, -0.05) is 50.7 Å². The van der Waals surface area contributed by atoms with Crippen molar-refractivity contribution >= 4 is 50.7 Å². The Morgan fingerprint density at radius 1 is 1.13 bits per heavy atom. The Kier molecular flexibility index (Phi) is 4.20. The van der Waals surface area contributed by atoms with Gasteiger partial charge in [-0.15, -0.1) is 0 Å². The average molecular weight is 342 g/mol. The molecule has 0 spiro atoms. The zero-order chi connectivity index (χ0) is 11.8. The predicted octanol–water partition coefficient (Wildman–Crippen LogP) is 5.56. The molecule has 0 aliphatic heterocycles. The quantitative estimate of drug-likeness (QED) is 0.463. The lowest BCUT2D eigenvalue weighted by Crippen LogP contribution is -2.09. The van der Waals surface area contributed by atoms with Crippen molar-refractivity contribution in [2.45, 2.75) is 11.5 Å². The first-order valence-electron chi connectivity index (χ1n) is 3.58. The molecule has 1 aromatic rings. The molecule has 0 heterocycles. The van der Waals surface area contributed by atoms with Crippen LogP contribution in [0.3, 0.4) is 0 Å². The lowest BCUT2D eigenvalue weighted by Gasteiger charge is -2.14. The summed E-state index contributed by atoms with van der Waals surface area (Å²) in [6.45, 7) is 0. The molecule has 84 valence electrons. The molecule has 0 unspecified atom stereocenters. The molecule has 1 rings (SSSR count). The smallest absolute Gasteiger partial charge is 0.166 e. The van der Waals surface area contributed by atoms with E-state index in [4.69, 9.17) is 34.8 Å². The standard InChI is InChI=1S/C8H3BrCl3F3/c9-2-3-4(8(13,14)15)1-5(10)7(12)6(3)11/h1H,2H2. The van der Waals surface area contributed by atoms with Crippen LogP contribution in [0.25, 0.3) is 0 Å². The fourth-order valence-corrected chi connectivity index (χ4v) is 2.45. The Labute approximate surface area is 107 Å². The second-order valence-electron chi connectivity index (χ2n) is 2.64. The molecule has 0 aliphatic rings. The van der Waals surface area contributed by atoms with Gasteiger partial charge >= 0.3 is 6.18 Å². The van der Waals surface area contributed by atoms with E-state index in [0.29, 0.717) is 0 Å². The van der Waals surface area contributed by atoms with E-state index in [-0.39, 0.29) is 26.0 Å². The number of rotatable bonds is 1. The van der Waals surface area contributed by atoms with Gasteiger partial charge in [0.2, 0.25) is 0 Å². The summed E-state index contributed by atoms with van der Waals surface area (Å²) < 4.78 is 37.6. The molecule has 0 saturated heterocycles. The van der Waals surface area contributed by atoms with Crippen LogP contribution in [0, 0.1) is 0 Å². The highest BCUT2D eigenvalue weighted by Crippen LogP contribution is 2.42. The van der Waals surface area contributed by atoms with Crippen molar-refractivity contribution in [1.29, 1.82) is 0 Å². The van der Waals surface area contributed by atoms with Gasteiger partial charge in [-0.2, -0.15) is 13.2 Å². The minimum atomic E-state index is -4.50. The van der Waals surface area contributed by atoms with Crippen molar-refractivity contribution in [3.8, 4) is 0 Å². The molecule has 0 aliphatic carbocycles. The first kappa shape index (κ1) is 13.4. The second-order valence-corrected chi connectivity index (χ2v) is 4.37. The van der Waals surface area contributed by atoms with Gasteiger partial charge in [0, 0.05) is 5.33 Å². The minimum Gasteiger partial charge on any atom is -0.166 e. The topological polar surface area (TPSA) is 0 Å². The normalized spacial score (nSPS) is 11.9. The van der Waals surface area contributed by atoms with Gasteiger partial charge in [-0.25, -0.2) is 0 Å². The molecule has 15 heavy (non-hydrogen) atoms. The van der Waals surface area contributed by atoms with Crippen LogP contribution >= 0.6 is 50.7 Å². The molecule has 0 atom stereocenters. The largest absolute Gasteiger partial charge is 0.416 e. The Hall–Kier alpha value is 0.360. The highest BCUT2D eigenvalue weighted by atomic mass is 79.9. The summed E-state index contributed by atoms with van der Waals surface area (Å²) in [6, 6.07) is 0.770. The molecule has 0 saturated carbocycles. The SMILES string of the molecule is FC(F)(F)c1cc(Cl)c(Cl)c(Cl)c1CBr. The molecule has 7 heteroatoms. The lowest BCUT2D eigenvalue weighted by molar-refractivity contribution is -0.138. The van der Waals surface area contributed by atoms with E-state index in [2.05, 4.69) is 15.9 Å². The first-order valence-corrected chi connectivity index (χ1v) is 5.84. The predicted molar refractivity (Wildman–Crippen MR) is 59.1 cm³/mol. The summed E-state index contributed by atoms with van der Waals surface area (Å²) in [5.74, 6) is 0. The van der Waals surface area contributed by atoms with Crippen LogP contribution in [-0.2, 0) is 11.5 Å². The van der Waals surface area contributed by atoms with Gasteiger partial charge in [0.15, 0.2) is 0 Å². The summed E-state index contributed by atoms with van der Waals surface area (Å²) >= 11 is 19.7. The van der Waals surface area contributed by atoms with Gasteiger partial charge in [0.25, 0.3) is 0 Å². The summed E-state index contributed by atoms with van der Waals surface area (Å²) in [4.78, 5) is 0. The van der Waals surface area contributed by atoms with E-state index in [0.717, 1.165) is 6.07 Å².